The molecule has 2 heterocycles. The first-order chi connectivity index (χ1) is 16.6. The Bertz CT molecular complexity index is 1070. The van der Waals surface area contributed by atoms with Crippen LogP contribution in [0.4, 0.5) is 0 Å². The van der Waals surface area contributed by atoms with Crippen LogP contribution in [0, 0.1) is 5.92 Å². The van der Waals surface area contributed by atoms with Crippen LogP contribution in [0.15, 0.2) is 53.8 Å². The second kappa shape index (κ2) is 9.74. The number of pyridine rings is 1. The highest BCUT2D eigenvalue weighted by Gasteiger charge is 2.51. The topological polar surface area (TPSA) is 77.9 Å². The normalized spacial score (nSPS) is 19.6. The van der Waals surface area contributed by atoms with Crippen LogP contribution in [0.25, 0.3) is 0 Å². The molecule has 0 spiro atoms. The average Bonchev–Trinajstić information content (AvgIpc) is 3.80. The minimum Gasteiger partial charge on any atom is -0.354 e. The summed E-state index contributed by atoms with van der Waals surface area (Å²) in [4.78, 5) is 39.3. The van der Waals surface area contributed by atoms with Crippen LogP contribution in [0.2, 0.25) is 5.02 Å². The smallest absolute Gasteiger partial charge is 0.255 e. The molecule has 8 heteroatoms. The number of carbonyl (C=O) groups is 2. The van der Waals surface area contributed by atoms with Crippen LogP contribution >= 0.6 is 11.6 Å². The molecule has 1 aromatic heterocycles. The second-order valence-electron chi connectivity index (χ2n) is 9.46. The van der Waals surface area contributed by atoms with E-state index in [-0.39, 0.29) is 11.8 Å². The van der Waals surface area contributed by atoms with Crippen molar-refractivity contribution in [2.24, 2.45) is 10.9 Å². The van der Waals surface area contributed by atoms with E-state index in [0.29, 0.717) is 36.8 Å². The van der Waals surface area contributed by atoms with Crippen molar-refractivity contribution in [1.82, 2.24) is 20.1 Å². The van der Waals surface area contributed by atoms with E-state index in [1.54, 1.807) is 24.5 Å². The number of hydrogen-bond donors (Lipinski definition) is 1. The Hall–Kier alpha value is -2.93. The molecule has 0 bridgehead atoms. The predicted octanol–water partition coefficient (Wildman–Crippen LogP) is 3.39. The van der Waals surface area contributed by atoms with Gasteiger partial charge in [-0.2, -0.15) is 0 Å². The minimum absolute atomic E-state index is 0.0297. The molecule has 0 unspecified atom stereocenters. The van der Waals surface area contributed by atoms with Crippen molar-refractivity contribution in [2.75, 3.05) is 32.7 Å². The first-order valence-corrected chi connectivity index (χ1v) is 12.5. The van der Waals surface area contributed by atoms with Crippen LogP contribution in [-0.4, -0.2) is 70.7 Å². The van der Waals surface area contributed by atoms with Gasteiger partial charge in [0.1, 0.15) is 11.4 Å². The van der Waals surface area contributed by atoms with Crippen LogP contribution in [0.5, 0.6) is 0 Å². The number of aliphatic imine (C=N–C) groups is 1. The number of aromatic nitrogens is 1. The fourth-order valence-electron chi connectivity index (χ4n) is 4.41. The molecule has 2 saturated carbocycles. The molecule has 3 aliphatic rings. The molecule has 0 radical (unpaired) electrons. The summed E-state index contributed by atoms with van der Waals surface area (Å²) >= 11 is 6.24. The minimum atomic E-state index is -0.681. The van der Waals surface area contributed by atoms with E-state index in [0.717, 1.165) is 43.1 Å². The summed E-state index contributed by atoms with van der Waals surface area (Å²) in [6.45, 7) is 3.10. The van der Waals surface area contributed by atoms with E-state index in [4.69, 9.17) is 16.6 Å². The molecule has 1 aliphatic heterocycles. The number of hydrogen-bond acceptors (Lipinski definition) is 4. The fraction of sp³-hybridized carbons (Fsp3) is 0.462. The van der Waals surface area contributed by atoms with Crippen LogP contribution in [0.1, 0.15) is 48.0 Å². The Labute approximate surface area is 205 Å². The average molecular weight is 480 g/mol. The maximum atomic E-state index is 13.0. The standard InChI is InChI=1S/C26H30ClN5O2/c27-22-6-2-1-5-21(22)24(33)32-16-14-31(15-17-32)23(20-4-3-12-28-18-20)30-26(10-11-26)25(34)29-13-9-19-7-8-19/h1-6,12,18-19H,7-11,13-17H2,(H,29,34). The lowest BCUT2D eigenvalue weighted by Crippen LogP contribution is -2.51. The van der Waals surface area contributed by atoms with Gasteiger partial charge in [-0.25, -0.2) is 0 Å². The summed E-state index contributed by atoms with van der Waals surface area (Å²) in [6.07, 6.45) is 8.68. The molecule has 2 aliphatic carbocycles. The van der Waals surface area contributed by atoms with Crippen LogP contribution < -0.4 is 5.32 Å². The molecule has 0 atom stereocenters. The van der Waals surface area contributed by atoms with Crippen molar-refractivity contribution in [1.29, 1.82) is 0 Å². The van der Waals surface area contributed by atoms with E-state index in [1.807, 2.05) is 29.2 Å². The highest BCUT2D eigenvalue weighted by molar-refractivity contribution is 6.33. The summed E-state index contributed by atoms with van der Waals surface area (Å²) in [7, 11) is 0. The summed E-state index contributed by atoms with van der Waals surface area (Å²) < 4.78 is 0. The van der Waals surface area contributed by atoms with E-state index in [9.17, 15) is 9.59 Å². The quantitative estimate of drug-likeness (QED) is 0.487. The zero-order valence-corrected chi connectivity index (χ0v) is 20.0. The van der Waals surface area contributed by atoms with E-state index >= 15 is 0 Å². The largest absolute Gasteiger partial charge is 0.354 e. The van der Waals surface area contributed by atoms with E-state index < -0.39 is 5.54 Å². The van der Waals surface area contributed by atoms with Gasteiger partial charge in [-0.15, -0.1) is 0 Å². The van der Waals surface area contributed by atoms with Gasteiger partial charge in [0.05, 0.1) is 10.6 Å². The Morgan fingerprint density at radius 3 is 2.44 bits per heavy atom. The number of rotatable bonds is 7. The van der Waals surface area contributed by atoms with Crippen molar-refractivity contribution < 1.29 is 9.59 Å². The number of amidine groups is 1. The summed E-state index contributed by atoms with van der Waals surface area (Å²) in [5.41, 5.74) is 0.739. The lowest BCUT2D eigenvalue weighted by atomic mass is 10.1. The maximum absolute atomic E-state index is 13.0. The van der Waals surface area contributed by atoms with Crippen molar-refractivity contribution >= 4 is 29.3 Å². The van der Waals surface area contributed by atoms with E-state index in [1.165, 1.54) is 12.8 Å². The predicted molar refractivity (Wildman–Crippen MR) is 132 cm³/mol. The number of nitrogens with zero attached hydrogens (tertiary/aromatic N) is 4. The van der Waals surface area contributed by atoms with Gasteiger partial charge in [0.2, 0.25) is 5.91 Å². The second-order valence-corrected chi connectivity index (χ2v) is 9.86. The van der Waals surface area contributed by atoms with Gasteiger partial charge in [-0.05, 0) is 49.4 Å². The monoisotopic (exact) mass is 479 g/mol. The summed E-state index contributed by atoms with van der Waals surface area (Å²) in [5, 5.41) is 3.58. The van der Waals surface area contributed by atoms with E-state index in [2.05, 4.69) is 15.2 Å². The maximum Gasteiger partial charge on any atom is 0.255 e. The lowest BCUT2D eigenvalue weighted by molar-refractivity contribution is -0.123. The van der Waals surface area contributed by atoms with Gasteiger partial charge in [0.15, 0.2) is 0 Å². The Morgan fingerprint density at radius 2 is 1.79 bits per heavy atom. The molecular formula is C26H30ClN5O2. The van der Waals surface area contributed by atoms with Crippen molar-refractivity contribution in [3.8, 4) is 0 Å². The number of nitrogens with one attached hydrogen (secondary N) is 1. The molecule has 1 aromatic carbocycles. The highest BCUT2D eigenvalue weighted by atomic mass is 35.5. The number of benzene rings is 1. The molecule has 3 fully saturated rings. The number of piperazine rings is 1. The molecule has 1 saturated heterocycles. The molecule has 2 aromatic rings. The number of halogens is 1. The first-order valence-electron chi connectivity index (χ1n) is 12.1. The zero-order valence-electron chi connectivity index (χ0n) is 19.3. The first kappa shape index (κ1) is 22.8. The van der Waals surface area contributed by atoms with Gasteiger partial charge in [-0.3, -0.25) is 19.6 Å². The SMILES string of the molecule is O=C(c1ccccc1Cl)N1CCN(C(=NC2(C(=O)NCCC3CC3)CC2)c2cccnc2)CC1. The Balaban J connectivity index is 1.30. The van der Waals surface area contributed by atoms with Gasteiger partial charge in [-0.1, -0.05) is 36.6 Å². The number of amides is 2. The van der Waals surface area contributed by atoms with Crippen molar-refractivity contribution in [2.45, 2.75) is 37.6 Å². The van der Waals surface area contributed by atoms with Crippen molar-refractivity contribution in [3.05, 3.63) is 64.9 Å². The van der Waals surface area contributed by atoms with Gasteiger partial charge in [0.25, 0.3) is 5.91 Å². The lowest BCUT2D eigenvalue weighted by Gasteiger charge is -2.37. The zero-order chi connectivity index (χ0) is 23.5. The summed E-state index contributed by atoms with van der Waals surface area (Å²) in [5.74, 6) is 1.54. The molecule has 7 nitrogen and oxygen atoms in total. The fourth-order valence-corrected chi connectivity index (χ4v) is 4.63. The molecular weight excluding hydrogens is 450 g/mol. The highest BCUT2D eigenvalue weighted by Crippen LogP contribution is 2.41. The molecule has 5 rings (SSSR count). The molecule has 34 heavy (non-hydrogen) atoms. The van der Waals surface area contributed by atoms with Crippen LogP contribution in [0.3, 0.4) is 0 Å². The third-order valence-corrected chi connectivity index (χ3v) is 7.22. The van der Waals surface area contributed by atoms with Crippen LogP contribution in [-0.2, 0) is 4.79 Å². The van der Waals surface area contributed by atoms with Gasteiger partial charge < -0.3 is 15.1 Å². The molecule has 178 valence electrons. The number of carbonyl (C=O) groups excluding carboxylic acids is 2. The van der Waals surface area contributed by atoms with Gasteiger partial charge in [0, 0.05) is 50.7 Å². The third-order valence-electron chi connectivity index (χ3n) is 6.89. The van der Waals surface area contributed by atoms with Gasteiger partial charge >= 0.3 is 0 Å². The van der Waals surface area contributed by atoms with Crippen molar-refractivity contribution in [3.63, 3.8) is 0 Å². The third kappa shape index (κ3) is 5.09. The Morgan fingerprint density at radius 1 is 1.06 bits per heavy atom. The Kier molecular flexibility index (Phi) is 6.55. The molecule has 1 N–H and O–H groups in total. The summed E-state index contributed by atoms with van der Waals surface area (Å²) in [6, 6.07) is 11.0. The molecule has 2 amide bonds.